The SMILES string of the molecule is Nc1nn(-c2ccc3ccccc3c2)c2c1CCCC2. The molecule has 0 spiro atoms. The number of fused-ring (bicyclic) bond motifs is 2. The summed E-state index contributed by atoms with van der Waals surface area (Å²) in [7, 11) is 0. The summed E-state index contributed by atoms with van der Waals surface area (Å²) < 4.78 is 2.04. The van der Waals surface area contributed by atoms with Crippen LogP contribution in [0.25, 0.3) is 16.5 Å². The van der Waals surface area contributed by atoms with Gasteiger partial charge in [0.2, 0.25) is 0 Å². The normalized spacial score (nSPS) is 14.4. The largest absolute Gasteiger partial charge is 0.382 e. The molecule has 0 aliphatic heterocycles. The zero-order valence-corrected chi connectivity index (χ0v) is 11.3. The number of aromatic nitrogens is 2. The van der Waals surface area contributed by atoms with Crippen LogP contribution in [-0.4, -0.2) is 9.78 Å². The van der Waals surface area contributed by atoms with Gasteiger partial charge in [0.15, 0.2) is 0 Å². The van der Waals surface area contributed by atoms with E-state index in [1.54, 1.807) is 0 Å². The summed E-state index contributed by atoms with van der Waals surface area (Å²) in [6.45, 7) is 0. The standard InChI is InChI=1S/C17H17N3/c18-17-15-7-3-4-8-16(15)20(19-17)14-10-9-12-5-1-2-6-13(12)11-14/h1-2,5-6,9-11H,3-4,7-8H2,(H2,18,19). The topological polar surface area (TPSA) is 43.8 Å². The second kappa shape index (κ2) is 4.37. The van der Waals surface area contributed by atoms with E-state index in [0.29, 0.717) is 5.82 Å². The minimum atomic E-state index is 0.702. The lowest BCUT2D eigenvalue weighted by Gasteiger charge is -2.14. The lowest BCUT2D eigenvalue weighted by molar-refractivity contribution is 0.653. The Morgan fingerprint density at radius 1 is 0.950 bits per heavy atom. The maximum absolute atomic E-state index is 6.08. The van der Waals surface area contributed by atoms with E-state index < -0.39 is 0 Å². The Labute approximate surface area is 118 Å². The number of hydrogen-bond acceptors (Lipinski definition) is 2. The zero-order valence-electron chi connectivity index (χ0n) is 11.3. The molecule has 0 amide bonds. The lowest BCUT2D eigenvalue weighted by atomic mass is 9.97. The second-order valence-corrected chi connectivity index (χ2v) is 5.46. The Balaban J connectivity index is 1.90. The molecule has 100 valence electrons. The Morgan fingerprint density at radius 2 is 1.75 bits per heavy atom. The van der Waals surface area contributed by atoms with Crippen molar-refractivity contribution in [2.75, 3.05) is 5.73 Å². The average Bonchev–Trinajstić information content (AvgIpc) is 2.85. The molecule has 0 radical (unpaired) electrons. The van der Waals surface area contributed by atoms with Crippen LogP contribution in [0.1, 0.15) is 24.1 Å². The van der Waals surface area contributed by atoms with Gasteiger partial charge in [-0.25, -0.2) is 4.68 Å². The van der Waals surface area contributed by atoms with E-state index in [2.05, 4.69) is 47.6 Å². The first-order valence-electron chi connectivity index (χ1n) is 7.18. The maximum atomic E-state index is 6.08. The van der Waals surface area contributed by atoms with Gasteiger partial charge in [0.1, 0.15) is 5.82 Å². The number of benzene rings is 2. The predicted octanol–water partition coefficient (Wildman–Crippen LogP) is 3.49. The minimum Gasteiger partial charge on any atom is -0.382 e. The van der Waals surface area contributed by atoms with Crippen LogP contribution in [0.3, 0.4) is 0 Å². The Hall–Kier alpha value is -2.29. The number of nitrogen functional groups attached to an aromatic ring is 1. The number of rotatable bonds is 1. The third-order valence-corrected chi connectivity index (χ3v) is 4.19. The van der Waals surface area contributed by atoms with Gasteiger partial charge >= 0.3 is 0 Å². The van der Waals surface area contributed by atoms with Gasteiger partial charge in [0.05, 0.1) is 5.69 Å². The third kappa shape index (κ3) is 1.70. The van der Waals surface area contributed by atoms with Gasteiger partial charge in [-0.05, 0) is 48.6 Å². The van der Waals surface area contributed by atoms with Gasteiger partial charge < -0.3 is 5.73 Å². The number of hydrogen-bond donors (Lipinski definition) is 1. The first-order valence-corrected chi connectivity index (χ1v) is 7.18. The molecule has 2 N–H and O–H groups in total. The van der Waals surface area contributed by atoms with Gasteiger partial charge in [0, 0.05) is 11.3 Å². The molecule has 0 unspecified atom stereocenters. The van der Waals surface area contributed by atoms with E-state index in [9.17, 15) is 0 Å². The van der Waals surface area contributed by atoms with Crippen molar-refractivity contribution in [1.29, 1.82) is 0 Å². The van der Waals surface area contributed by atoms with Crippen molar-refractivity contribution in [2.45, 2.75) is 25.7 Å². The smallest absolute Gasteiger partial charge is 0.149 e. The highest BCUT2D eigenvalue weighted by Gasteiger charge is 2.19. The van der Waals surface area contributed by atoms with E-state index in [1.807, 2.05) is 4.68 Å². The van der Waals surface area contributed by atoms with Crippen molar-refractivity contribution in [3.63, 3.8) is 0 Å². The molecular formula is C17H17N3. The molecule has 0 saturated heterocycles. The number of anilines is 1. The predicted molar refractivity (Wildman–Crippen MR) is 82.1 cm³/mol. The van der Waals surface area contributed by atoms with Crippen LogP contribution in [0.15, 0.2) is 42.5 Å². The first-order chi connectivity index (χ1) is 9.83. The van der Waals surface area contributed by atoms with Gasteiger partial charge in [-0.3, -0.25) is 0 Å². The van der Waals surface area contributed by atoms with E-state index in [4.69, 9.17) is 5.73 Å². The van der Waals surface area contributed by atoms with Crippen LogP contribution in [0.5, 0.6) is 0 Å². The fraction of sp³-hybridized carbons (Fsp3) is 0.235. The molecule has 1 aliphatic carbocycles. The molecule has 4 rings (SSSR count). The minimum absolute atomic E-state index is 0.702. The van der Waals surface area contributed by atoms with Crippen molar-refractivity contribution < 1.29 is 0 Å². The molecule has 2 aromatic carbocycles. The van der Waals surface area contributed by atoms with Crippen LogP contribution in [0, 0.1) is 0 Å². The van der Waals surface area contributed by atoms with Gasteiger partial charge in [0.25, 0.3) is 0 Å². The molecule has 3 nitrogen and oxygen atoms in total. The van der Waals surface area contributed by atoms with Gasteiger partial charge in [-0.1, -0.05) is 30.3 Å². The van der Waals surface area contributed by atoms with Crippen LogP contribution >= 0.6 is 0 Å². The third-order valence-electron chi connectivity index (χ3n) is 4.19. The highest BCUT2D eigenvalue weighted by atomic mass is 15.3. The average molecular weight is 263 g/mol. The fourth-order valence-electron chi connectivity index (χ4n) is 3.15. The summed E-state index contributed by atoms with van der Waals surface area (Å²) in [5.74, 6) is 0.702. The molecule has 1 heterocycles. The number of nitrogens with zero attached hydrogens (tertiary/aromatic N) is 2. The quantitative estimate of drug-likeness (QED) is 0.730. The van der Waals surface area contributed by atoms with Crippen molar-refractivity contribution in [2.24, 2.45) is 0 Å². The molecule has 1 aromatic heterocycles. The van der Waals surface area contributed by atoms with Gasteiger partial charge in [-0.15, -0.1) is 0 Å². The van der Waals surface area contributed by atoms with E-state index in [0.717, 1.165) is 18.5 Å². The van der Waals surface area contributed by atoms with Crippen molar-refractivity contribution in [1.82, 2.24) is 9.78 Å². The molecule has 0 atom stereocenters. The molecule has 3 heteroatoms. The van der Waals surface area contributed by atoms with E-state index >= 15 is 0 Å². The summed E-state index contributed by atoms with van der Waals surface area (Å²) in [5.41, 5.74) is 9.74. The molecule has 0 saturated carbocycles. The van der Waals surface area contributed by atoms with Crippen LogP contribution < -0.4 is 5.73 Å². The van der Waals surface area contributed by atoms with Crippen molar-refractivity contribution >= 4 is 16.6 Å². The maximum Gasteiger partial charge on any atom is 0.149 e. The molecule has 20 heavy (non-hydrogen) atoms. The Kier molecular flexibility index (Phi) is 2.52. The van der Waals surface area contributed by atoms with Gasteiger partial charge in [-0.2, -0.15) is 5.10 Å². The van der Waals surface area contributed by atoms with E-state index in [1.165, 1.54) is 34.9 Å². The highest BCUT2D eigenvalue weighted by molar-refractivity contribution is 5.84. The Bertz CT molecular complexity index is 786. The lowest BCUT2D eigenvalue weighted by Crippen LogP contribution is -2.07. The molecule has 1 aliphatic rings. The molecule has 0 bridgehead atoms. The summed E-state index contributed by atoms with van der Waals surface area (Å²) in [6.07, 6.45) is 4.59. The second-order valence-electron chi connectivity index (χ2n) is 5.46. The summed E-state index contributed by atoms with van der Waals surface area (Å²) in [6, 6.07) is 14.9. The Morgan fingerprint density at radius 3 is 2.65 bits per heavy atom. The zero-order chi connectivity index (χ0) is 13.5. The summed E-state index contributed by atoms with van der Waals surface area (Å²) in [5, 5.41) is 7.06. The van der Waals surface area contributed by atoms with Crippen molar-refractivity contribution in [3.05, 3.63) is 53.7 Å². The summed E-state index contributed by atoms with van der Waals surface area (Å²) >= 11 is 0. The monoisotopic (exact) mass is 263 g/mol. The molecule has 0 fully saturated rings. The molecule has 3 aromatic rings. The first kappa shape index (κ1) is 11.5. The van der Waals surface area contributed by atoms with Crippen LogP contribution in [-0.2, 0) is 12.8 Å². The van der Waals surface area contributed by atoms with Crippen LogP contribution in [0.2, 0.25) is 0 Å². The van der Waals surface area contributed by atoms with Crippen LogP contribution in [0.4, 0.5) is 5.82 Å². The number of nitrogens with two attached hydrogens (primary N) is 1. The fourth-order valence-corrected chi connectivity index (χ4v) is 3.15. The highest BCUT2D eigenvalue weighted by Crippen LogP contribution is 2.29. The summed E-state index contributed by atoms with van der Waals surface area (Å²) in [4.78, 5) is 0. The van der Waals surface area contributed by atoms with Crippen molar-refractivity contribution in [3.8, 4) is 5.69 Å². The van der Waals surface area contributed by atoms with E-state index in [-0.39, 0.29) is 0 Å². The molecular weight excluding hydrogens is 246 g/mol.